The molecule has 2 fully saturated rings. The minimum atomic E-state index is -3.51. The molecule has 1 aromatic rings. The topological polar surface area (TPSA) is 75.5 Å². The molecule has 7 nitrogen and oxygen atoms in total. The lowest BCUT2D eigenvalue weighted by Gasteiger charge is -2.26. The van der Waals surface area contributed by atoms with E-state index in [9.17, 15) is 13.2 Å². The van der Waals surface area contributed by atoms with Crippen molar-refractivity contribution in [3.63, 3.8) is 0 Å². The van der Waals surface area contributed by atoms with Gasteiger partial charge in [0.05, 0.1) is 17.9 Å². The molecular formula is C19H32N4O3S. The van der Waals surface area contributed by atoms with Crippen LogP contribution >= 0.6 is 0 Å². The van der Waals surface area contributed by atoms with E-state index in [4.69, 9.17) is 0 Å². The minimum Gasteiger partial charge on any atom is -0.343 e. The van der Waals surface area contributed by atoms with E-state index in [0.29, 0.717) is 42.3 Å². The molecule has 0 N–H and O–H groups in total. The first-order valence-corrected chi connectivity index (χ1v) is 11.7. The highest BCUT2D eigenvalue weighted by atomic mass is 32.2. The molecule has 8 heteroatoms. The van der Waals surface area contributed by atoms with Crippen LogP contribution in [-0.2, 0) is 21.4 Å². The second-order valence-corrected chi connectivity index (χ2v) is 9.61. The molecule has 2 aliphatic rings. The maximum Gasteiger partial charge on any atom is 0.246 e. The minimum absolute atomic E-state index is 0.143. The van der Waals surface area contributed by atoms with Gasteiger partial charge in [0.2, 0.25) is 15.9 Å². The molecular weight excluding hydrogens is 364 g/mol. The number of carbonyl (C=O) groups is 1. The lowest BCUT2D eigenvalue weighted by Crippen LogP contribution is -2.36. The Morgan fingerprint density at radius 3 is 2.11 bits per heavy atom. The van der Waals surface area contributed by atoms with Crippen LogP contribution < -0.4 is 0 Å². The second-order valence-electron chi connectivity index (χ2n) is 7.73. The Kier molecular flexibility index (Phi) is 6.57. The largest absolute Gasteiger partial charge is 0.343 e. The van der Waals surface area contributed by atoms with Crippen LogP contribution in [0.5, 0.6) is 0 Å². The smallest absolute Gasteiger partial charge is 0.246 e. The number of sulfonamides is 1. The fourth-order valence-corrected chi connectivity index (χ4v) is 6.08. The summed E-state index contributed by atoms with van der Waals surface area (Å²) in [5.74, 6) is 0.143. The molecule has 27 heavy (non-hydrogen) atoms. The van der Waals surface area contributed by atoms with Gasteiger partial charge in [-0.05, 0) is 39.5 Å². The summed E-state index contributed by atoms with van der Waals surface area (Å²) in [5, 5.41) is 4.45. The van der Waals surface area contributed by atoms with Crippen LogP contribution in [0.15, 0.2) is 4.90 Å². The normalized spacial score (nSPS) is 19.9. The zero-order chi connectivity index (χ0) is 19.4. The van der Waals surface area contributed by atoms with E-state index in [1.165, 1.54) is 12.8 Å². The Morgan fingerprint density at radius 1 is 0.926 bits per heavy atom. The molecule has 0 unspecified atom stereocenters. The van der Waals surface area contributed by atoms with Gasteiger partial charge in [0.1, 0.15) is 4.90 Å². The third-order valence-corrected chi connectivity index (χ3v) is 7.88. The third-order valence-electron chi connectivity index (χ3n) is 5.72. The Hall–Kier alpha value is -1.41. The molecule has 0 aliphatic carbocycles. The number of carbonyl (C=O) groups excluding carboxylic acids is 1. The first kappa shape index (κ1) is 20.3. The van der Waals surface area contributed by atoms with Gasteiger partial charge < -0.3 is 4.90 Å². The molecule has 0 saturated carbocycles. The average Bonchev–Trinajstić information content (AvgIpc) is 2.84. The van der Waals surface area contributed by atoms with Gasteiger partial charge in [0.15, 0.2) is 0 Å². The summed E-state index contributed by atoms with van der Waals surface area (Å²) in [7, 11) is -3.51. The number of likely N-dealkylation sites (tertiary alicyclic amines) is 1. The third kappa shape index (κ3) is 4.54. The molecule has 1 aromatic heterocycles. The molecule has 3 rings (SSSR count). The molecule has 0 spiro atoms. The lowest BCUT2D eigenvalue weighted by atomic mass is 10.2. The number of amides is 1. The first-order valence-electron chi connectivity index (χ1n) is 10.2. The van der Waals surface area contributed by atoms with Gasteiger partial charge in [-0.15, -0.1) is 0 Å². The number of aryl methyl sites for hydroxylation is 2. The lowest BCUT2D eigenvalue weighted by molar-refractivity contribution is -0.131. The molecule has 0 radical (unpaired) electrons. The number of nitrogens with zero attached hydrogens (tertiary/aromatic N) is 4. The van der Waals surface area contributed by atoms with Crippen molar-refractivity contribution in [2.45, 2.75) is 76.7 Å². The zero-order valence-electron chi connectivity index (χ0n) is 16.6. The first-order chi connectivity index (χ1) is 12.9. The highest BCUT2D eigenvalue weighted by Crippen LogP contribution is 2.26. The van der Waals surface area contributed by atoms with Crippen molar-refractivity contribution in [1.82, 2.24) is 19.0 Å². The summed E-state index contributed by atoms with van der Waals surface area (Å²) in [6.07, 6.45) is 7.81. The van der Waals surface area contributed by atoms with Crippen LogP contribution in [-0.4, -0.2) is 59.5 Å². The number of piperidine rings is 1. The predicted molar refractivity (Wildman–Crippen MR) is 104 cm³/mol. The van der Waals surface area contributed by atoms with Crippen molar-refractivity contribution in [1.29, 1.82) is 0 Å². The maximum absolute atomic E-state index is 13.1. The average molecular weight is 397 g/mol. The standard InChI is InChI=1S/C19H32N4O3S/c1-16-19(27(25,26)22-13-8-5-9-14-22)17(2)23(20-16)15-10-18(24)21-11-6-3-4-7-12-21/h3-15H2,1-2H3. The van der Waals surface area contributed by atoms with E-state index in [-0.39, 0.29) is 5.91 Å². The van der Waals surface area contributed by atoms with Crippen LogP contribution in [0.4, 0.5) is 0 Å². The van der Waals surface area contributed by atoms with Gasteiger partial charge >= 0.3 is 0 Å². The van der Waals surface area contributed by atoms with Crippen molar-refractivity contribution in [2.24, 2.45) is 0 Å². The maximum atomic E-state index is 13.1. The van der Waals surface area contributed by atoms with E-state index < -0.39 is 10.0 Å². The van der Waals surface area contributed by atoms with Crippen molar-refractivity contribution in [3.8, 4) is 0 Å². The fourth-order valence-electron chi connectivity index (χ4n) is 4.19. The van der Waals surface area contributed by atoms with Gasteiger partial charge in [0, 0.05) is 32.6 Å². The summed E-state index contributed by atoms with van der Waals surface area (Å²) in [5.41, 5.74) is 1.17. The molecule has 152 valence electrons. The Bertz CT molecular complexity index is 758. The van der Waals surface area contributed by atoms with Gasteiger partial charge in [-0.3, -0.25) is 9.48 Å². The van der Waals surface area contributed by atoms with E-state index in [1.54, 1.807) is 22.8 Å². The van der Waals surface area contributed by atoms with Crippen molar-refractivity contribution in [3.05, 3.63) is 11.4 Å². The SMILES string of the molecule is Cc1nn(CCC(=O)N2CCCCCC2)c(C)c1S(=O)(=O)N1CCCCC1. The van der Waals surface area contributed by atoms with E-state index in [0.717, 1.165) is 45.2 Å². The van der Waals surface area contributed by atoms with E-state index >= 15 is 0 Å². The molecule has 2 aliphatic heterocycles. The highest BCUT2D eigenvalue weighted by molar-refractivity contribution is 7.89. The van der Waals surface area contributed by atoms with Gasteiger partial charge in [-0.25, -0.2) is 8.42 Å². The Morgan fingerprint density at radius 2 is 1.48 bits per heavy atom. The zero-order valence-corrected chi connectivity index (χ0v) is 17.4. The van der Waals surface area contributed by atoms with Crippen LogP contribution in [0, 0.1) is 13.8 Å². The summed E-state index contributed by atoms with van der Waals surface area (Å²) in [4.78, 5) is 14.8. The summed E-state index contributed by atoms with van der Waals surface area (Å²) >= 11 is 0. The second kappa shape index (κ2) is 8.73. The summed E-state index contributed by atoms with van der Waals surface area (Å²) in [6, 6.07) is 0. The Balaban J connectivity index is 1.70. The van der Waals surface area contributed by atoms with E-state index in [1.807, 2.05) is 4.90 Å². The van der Waals surface area contributed by atoms with Crippen molar-refractivity contribution in [2.75, 3.05) is 26.2 Å². The molecule has 1 amide bonds. The van der Waals surface area contributed by atoms with Gasteiger partial charge in [-0.2, -0.15) is 9.40 Å². The summed E-state index contributed by atoms with van der Waals surface area (Å²) < 4.78 is 29.4. The monoisotopic (exact) mass is 396 g/mol. The molecule has 0 bridgehead atoms. The number of hydrogen-bond donors (Lipinski definition) is 0. The highest BCUT2D eigenvalue weighted by Gasteiger charge is 2.31. The van der Waals surface area contributed by atoms with Crippen LogP contribution in [0.25, 0.3) is 0 Å². The van der Waals surface area contributed by atoms with Crippen LogP contribution in [0.1, 0.15) is 62.8 Å². The Labute approximate surface area is 162 Å². The molecule has 2 saturated heterocycles. The van der Waals surface area contributed by atoms with Gasteiger partial charge in [0.25, 0.3) is 0 Å². The van der Waals surface area contributed by atoms with Crippen molar-refractivity contribution < 1.29 is 13.2 Å². The molecule has 3 heterocycles. The fraction of sp³-hybridized carbons (Fsp3) is 0.789. The predicted octanol–water partition coefficient (Wildman–Crippen LogP) is 2.47. The van der Waals surface area contributed by atoms with Gasteiger partial charge in [-0.1, -0.05) is 19.3 Å². The molecule has 0 atom stereocenters. The summed E-state index contributed by atoms with van der Waals surface area (Å²) in [6.45, 7) is 6.82. The number of rotatable bonds is 5. The molecule has 0 aromatic carbocycles. The quantitative estimate of drug-likeness (QED) is 0.766. The van der Waals surface area contributed by atoms with Crippen LogP contribution in [0.3, 0.4) is 0 Å². The van der Waals surface area contributed by atoms with Crippen LogP contribution in [0.2, 0.25) is 0 Å². The number of hydrogen-bond acceptors (Lipinski definition) is 4. The van der Waals surface area contributed by atoms with E-state index in [2.05, 4.69) is 5.10 Å². The van der Waals surface area contributed by atoms with Crippen molar-refractivity contribution >= 4 is 15.9 Å². The number of aromatic nitrogens is 2.